The van der Waals surface area contributed by atoms with Crippen LogP contribution >= 0.6 is 15.9 Å². The standard InChI is InChI=1S/C12H10BrN3O3/c1-7-4-3-5-9(16(17)18)12(7)19-11-6-10(13)14-8(2)15-11/h3-6H,1-2H3. The molecule has 0 N–H and O–H groups in total. The van der Waals surface area contributed by atoms with Gasteiger partial charge in [-0.25, -0.2) is 4.98 Å². The predicted molar refractivity (Wildman–Crippen MR) is 72.4 cm³/mol. The van der Waals surface area contributed by atoms with Gasteiger partial charge < -0.3 is 4.74 Å². The third kappa shape index (κ3) is 3.05. The molecule has 0 aliphatic carbocycles. The summed E-state index contributed by atoms with van der Waals surface area (Å²) in [6, 6.07) is 6.31. The third-order valence-corrected chi connectivity index (χ3v) is 2.78. The summed E-state index contributed by atoms with van der Waals surface area (Å²) in [5, 5.41) is 11.0. The maximum absolute atomic E-state index is 11.0. The first-order valence-electron chi connectivity index (χ1n) is 5.40. The lowest BCUT2D eigenvalue weighted by Gasteiger charge is -2.08. The zero-order chi connectivity index (χ0) is 14.0. The van der Waals surface area contributed by atoms with E-state index in [1.165, 1.54) is 6.07 Å². The van der Waals surface area contributed by atoms with E-state index in [2.05, 4.69) is 25.9 Å². The molecule has 0 fully saturated rings. The average molecular weight is 324 g/mol. The minimum atomic E-state index is -0.481. The highest BCUT2D eigenvalue weighted by Crippen LogP contribution is 2.34. The van der Waals surface area contributed by atoms with Gasteiger partial charge in [-0.2, -0.15) is 4.98 Å². The van der Waals surface area contributed by atoms with Gasteiger partial charge in [-0.05, 0) is 35.3 Å². The van der Waals surface area contributed by atoms with Crippen LogP contribution in [-0.4, -0.2) is 14.9 Å². The van der Waals surface area contributed by atoms with Crippen LogP contribution in [0.25, 0.3) is 0 Å². The number of halogens is 1. The summed E-state index contributed by atoms with van der Waals surface area (Å²) >= 11 is 3.23. The molecule has 7 heteroatoms. The molecule has 0 saturated heterocycles. The van der Waals surface area contributed by atoms with E-state index in [0.29, 0.717) is 16.0 Å². The van der Waals surface area contributed by atoms with Crippen LogP contribution in [0.2, 0.25) is 0 Å². The van der Waals surface area contributed by atoms with Gasteiger partial charge in [0.25, 0.3) is 0 Å². The minimum absolute atomic E-state index is 0.0904. The van der Waals surface area contributed by atoms with E-state index >= 15 is 0 Å². The molecule has 0 aliphatic heterocycles. The Morgan fingerprint density at radius 2 is 2.05 bits per heavy atom. The van der Waals surface area contributed by atoms with Crippen LogP contribution < -0.4 is 4.74 Å². The highest BCUT2D eigenvalue weighted by Gasteiger charge is 2.18. The SMILES string of the molecule is Cc1nc(Br)cc(Oc2c(C)cccc2[N+](=O)[O-])n1. The summed E-state index contributed by atoms with van der Waals surface area (Å²) in [5.41, 5.74) is 0.578. The fraction of sp³-hybridized carbons (Fsp3) is 0.167. The van der Waals surface area contributed by atoms with E-state index in [-0.39, 0.29) is 17.3 Å². The van der Waals surface area contributed by atoms with Crippen LogP contribution in [0, 0.1) is 24.0 Å². The second-order valence-corrected chi connectivity index (χ2v) is 4.67. The Balaban J connectivity index is 2.45. The van der Waals surface area contributed by atoms with E-state index in [9.17, 15) is 10.1 Å². The molecule has 0 atom stereocenters. The molecular weight excluding hydrogens is 314 g/mol. The highest BCUT2D eigenvalue weighted by molar-refractivity contribution is 9.10. The summed E-state index contributed by atoms with van der Waals surface area (Å²) in [7, 11) is 0. The van der Waals surface area contributed by atoms with Crippen LogP contribution in [0.5, 0.6) is 11.6 Å². The molecule has 0 unspecified atom stereocenters. The van der Waals surface area contributed by atoms with Crippen molar-refractivity contribution in [2.24, 2.45) is 0 Å². The van der Waals surface area contributed by atoms with Crippen molar-refractivity contribution in [2.45, 2.75) is 13.8 Å². The Morgan fingerprint density at radius 3 is 2.68 bits per heavy atom. The van der Waals surface area contributed by atoms with Gasteiger partial charge in [0, 0.05) is 12.1 Å². The third-order valence-electron chi connectivity index (χ3n) is 2.38. The molecule has 0 saturated carbocycles. The van der Waals surface area contributed by atoms with Crippen LogP contribution in [0.3, 0.4) is 0 Å². The highest BCUT2D eigenvalue weighted by atomic mass is 79.9. The molecule has 19 heavy (non-hydrogen) atoms. The second kappa shape index (κ2) is 5.31. The maximum atomic E-state index is 11.0. The predicted octanol–water partition coefficient (Wildman–Crippen LogP) is 3.56. The first-order valence-corrected chi connectivity index (χ1v) is 6.19. The molecule has 1 aromatic carbocycles. The molecule has 0 spiro atoms. The van der Waals surface area contributed by atoms with Gasteiger partial charge in [-0.3, -0.25) is 10.1 Å². The van der Waals surface area contributed by atoms with Crippen molar-refractivity contribution >= 4 is 21.6 Å². The quantitative estimate of drug-likeness (QED) is 0.490. The number of nitrogens with zero attached hydrogens (tertiary/aromatic N) is 3. The van der Waals surface area contributed by atoms with Crippen LogP contribution in [0.4, 0.5) is 5.69 Å². The molecule has 1 heterocycles. The number of hydrogen-bond donors (Lipinski definition) is 0. The number of nitro benzene ring substituents is 1. The summed E-state index contributed by atoms with van der Waals surface area (Å²) < 4.78 is 6.10. The lowest BCUT2D eigenvalue weighted by Crippen LogP contribution is -1.98. The minimum Gasteiger partial charge on any atom is -0.431 e. The average Bonchev–Trinajstić information content (AvgIpc) is 2.30. The van der Waals surface area contributed by atoms with E-state index in [1.807, 2.05) is 0 Å². The first kappa shape index (κ1) is 13.4. The number of aromatic nitrogens is 2. The van der Waals surface area contributed by atoms with Gasteiger partial charge in [0.05, 0.1) is 4.92 Å². The van der Waals surface area contributed by atoms with Crippen molar-refractivity contribution in [3.8, 4) is 11.6 Å². The maximum Gasteiger partial charge on any atom is 0.311 e. The van der Waals surface area contributed by atoms with E-state index in [4.69, 9.17) is 4.74 Å². The Kier molecular flexibility index (Phi) is 3.75. The van der Waals surface area contributed by atoms with Crippen molar-refractivity contribution in [1.29, 1.82) is 0 Å². The molecule has 0 amide bonds. The number of hydrogen-bond acceptors (Lipinski definition) is 5. The monoisotopic (exact) mass is 323 g/mol. The van der Waals surface area contributed by atoms with Crippen LogP contribution in [0.15, 0.2) is 28.9 Å². The number of rotatable bonds is 3. The first-order chi connectivity index (χ1) is 8.97. The molecule has 0 radical (unpaired) electrons. The molecular formula is C12H10BrN3O3. The normalized spacial score (nSPS) is 10.3. The van der Waals surface area contributed by atoms with Crippen molar-refractivity contribution in [1.82, 2.24) is 9.97 Å². The van der Waals surface area contributed by atoms with Gasteiger partial charge in [0.2, 0.25) is 11.6 Å². The smallest absolute Gasteiger partial charge is 0.311 e. The topological polar surface area (TPSA) is 78.2 Å². The van der Waals surface area contributed by atoms with E-state index in [1.54, 1.807) is 32.0 Å². The van der Waals surface area contributed by atoms with Gasteiger partial charge in [0.1, 0.15) is 10.4 Å². The van der Waals surface area contributed by atoms with Crippen molar-refractivity contribution < 1.29 is 9.66 Å². The Bertz CT molecular complexity index is 626. The van der Waals surface area contributed by atoms with Gasteiger partial charge in [-0.15, -0.1) is 0 Å². The number of aryl methyl sites for hydroxylation is 2. The number of ether oxygens (including phenoxy) is 1. The Labute approximate surface area is 117 Å². The summed E-state index contributed by atoms with van der Waals surface area (Å²) in [4.78, 5) is 18.6. The number of para-hydroxylation sites is 1. The Hall–Kier alpha value is -2.02. The van der Waals surface area contributed by atoms with Crippen molar-refractivity contribution in [3.05, 3.63) is 50.4 Å². The zero-order valence-electron chi connectivity index (χ0n) is 10.3. The van der Waals surface area contributed by atoms with Crippen LogP contribution in [0.1, 0.15) is 11.4 Å². The van der Waals surface area contributed by atoms with E-state index < -0.39 is 4.92 Å². The molecule has 6 nitrogen and oxygen atoms in total. The van der Waals surface area contributed by atoms with Crippen molar-refractivity contribution in [3.63, 3.8) is 0 Å². The fourth-order valence-electron chi connectivity index (χ4n) is 1.58. The number of nitro groups is 1. The fourth-order valence-corrected chi connectivity index (χ4v) is 2.03. The molecule has 2 rings (SSSR count). The lowest BCUT2D eigenvalue weighted by molar-refractivity contribution is -0.385. The molecule has 1 aromatic heterocycles. The van der Waals surface area contributed by atoms with Gasteiger partial charge in [-0.1, -0.05) is 12.1 Å². The van der Waals surface area contributed by atoms with Crippen LogP contribution in [-0.2, 0) is 0 Å². The summed E-state index contributed by atoms with van der Waals surface area (Å²) in [6.45, 7) is 3.45. The largest absolute Gasteiger partial charge is 0.431 e. The number of benzene rings is 1. The molecule has 2 aromatic rings. The molecule has 0 aliphatic rings. The van der Waals surface area contributed by atoms with Gasteiger partial charge in [0.15, 0.2) is 0 Å². The van der Waals surface area contributed by atoms with E-state index in [0.717, 1.165) is 0 Å². The zero-order valence-corrected chi connectivity index (χ0v) is 11.8. The second-order valence-electron chi connectivity index (χ2n) is 3.86. The van der Waals surface area contributed by atoms with Gasteiger partial charge >= 0.3 is 5.69 Å². The Morgan fingerprint density at radius 1 is 1.32 bits per heavy atom. The lowest BCUT2D eigenvalue weighted by atomic mass is 10.2. The summed E-state index contributed by atoms with van der Waals surface area (Å²) in [6.07, 6.45) is 0. The molecule has 98 valence electrons. The summed E-state index contributed by atoms with van der Waals surface area (Å²) in [5.74, 6) is 0.967. The molecule has 0 bridgehead atoms. The van der Waals surface area contributed by atoms with Crippen molar-refractivity contribution in [2.75, 3.05) is 0 Å².